The summed E-state index contributed by atoms with van der Waals surface area (Å²) in [4.78, 5) is 6.99. The van der Waals surface area contributed by atoms with Gasteiger partial charge in [0.05, 0.1) is 0 Å². The molecule has 2 aromatic heterocycles. The molecule has 1 atom stereocenters. The highest BCUT2D eigenvalue weighted by Crippen LogP contribution is 2.38. The molecule has 19 heavy (non-hydrogen) atoms. The van der Waals surface area contributed by atoms with Crippen LogP contribution in [0.15, 0.2) is 18.7 Å². The first-order valence-electron chi connectivity index (χ1n) is 7.02. The van der Waals surface area contributed by atoms with Crippen molar-refractivity contribution < 1.29 is 0 Å². The third kappa shape index (κ3) is 2.07. The van der Waals surface area contributed by atoms with Gasteiger partial charge in [0.25, 0.3) is 0 Å². The molecule has 0 radical (unpaired) electrons. The molecule has 0 aliphatic carbocycles. The van der Waals surface area contributed by atoms with Crippen LogP contribution in [0.5, 0.6) is 0 Å². The second-order valence-corrected chi connectivity index (χ2v) is 6.16. The van der Waals surface area contributed by atoms with Crippen molar-refractivity contribution in [2.75, 3.05) is 11.4 Å². The van der Waals surface area contributed by atoms with Crippen LogP contribution in [0.4, 0.5) is 5.82 Å². The topological polar surface area (TPSA) is 46.3 Å². The summed E-state index contributed by atoms with van der Waals surface area (Å²) < 4.78 is 1.94. The van der Waals surface area contributed by atoms with E-state index >= 15 is 0 Å². The van der Waals surface area contributed by atoms with E-state index < -0.39 is 0 Å². The quantitative estimate of drug-likeness (QED) is 0.849. The fourth-order valence-corrected chi connectivity index (χ4v) is 3.41. The van der Waals surface area contributed by atoms with Crippen molar-refractivity contribution in [2.24, 2.45) is 5.92 Å². The average molecular weight is 259 g/mol. The molecule has 2 aromatic rings. The third-order valence-corrected chi connectivity index (χ3v) is 4.05. The molecule has 0 bridgehead atoms. The van der Waals surface area contributed by atoms with Crippen LogP contribution in [-0.4, -0.2) is 31.7 Å². The lowest BCUT2D eigenvalue weighted by atomic mass is 9.88. The van der Waals surface area contributed by atoms with E-state index in [4.69, 9.17) is 0 Å². The molecule has 1 fully saturated rings. The summed E-state index contributed by atoms with van der Waals surface area (Å²) >= 11 is 0. The minimum atomic E-state index is 0.189. The van der Waals surface area contributed by atoms with Crippen molar-refractivity contribution in [1.82, 2.24) is 19.6 Å². The summed E-state index contributed by atoms with van der Waals surface area (Å²) in [5.74, 6) is 1.66. The maximum Gasteiger partial charge on any atom is 0.203 e. The Labute approximate surface area is 113 Å². The van der Waals surface area contributed by atoms with E-state index in [9.17, 15) is 0 Å². The average Bonchev–Trinajstić information content (AvgIpc) is 2.93. The van der Waals surface area contributed by atoms with E-state index in [0.29, 0.717) is 5.92 Å². The maximum absolute atomic E-state index is 4.57. The third-order valence-electron chi connectivity index (χ3n) is 4.05. The van der Waals surface area contributed by atoms with Crippen molar-refractivity contribution in [2.45, 2.75) is 45.6 Å². The monoisotopic (exact) mass is 259 g/mol. The second kappa shape index (κ2) is 4.47. The molecule has 1 saturated heterocycles. The SMILES string of the molecule is CC(C)CC1(C)CCCN1c1nccn2cnnc12. The van der Waals surface area contributed by atoms with Crippen LogP contribution in [0.25, 0.3) is 5.65 Å². The second-order valence-electron chi connectivity index (χ2n) is 6.16. The van der Waals surface area contributed by atoms with E-state index in [1.165, 1.54) is 19.3 Å². The number of fused-ring (bicyclic) bond motifs is 1. The number of anilines is 1. The molecule has 0 N–H and O–H groups in total. The van der Waals surface area contributed by atoms with Gasteiger partial charge in [0.15, 0.2) is 5.82 Å². The molecule has 1 unspecified atom stereocenters. The Morgan fingerprint density at radius 3 is 3.05 bits per heavy atom. The lowest BCUT2D eigenvalue weighted by Crippen LogP contribution is -2.43. The summed E-state index contributed by atoms with van der Waals surface area (Å²) in [7, 11) is 0. The summed E-state index contributed by atoms with van der Waals surface area (Å²) in [6, 6.07) is 0. The predicted molar refractivity (Wildman–Crippen MR) is 75.2 cm³/mol. The number of hydrogen-bond donors (Lipinski definition) is 0. The van der Waals surface area contributed by atoms with E-state index in [2.05, 4.69) is 40.9 Å². The molecule has 1 aliphatic heterocycles. The molecule has 1 aliphatic rings. The number of nitrogens with zero attached hydrogens (tertiary/aromatic N) is 5. The first-order valence-corrected chi connectivity index (χ1v) is 7.02. The highest BCUT2D eigenvalue weighted by atomic mass is 15.3. The van der Waals surface area contributed by atoms with Crippen LogP contribution in [0.3, 0.4) is 0 Å². The van der Waals surface area contributed by atoms with Gasteiger partial charge < -0.3 is 4.90 Å². The number of rotatable bonds is 3. The van der Waals surface area contributed by atoms with Gasteiger partial charge in [0.2, 0.25) is 5.65 Å². The van der Waals surface area contributed by atoms with E-state index in [-0.39, 0.29) is 5.54 Å². The summed E-state index contributed by atoms with van der Waals surface area (Å²) in [5.41, 5.74) is 1.05. The van der Waals surface area contributed by atoms with E-state index in [1.54, 1.807) is 6.33 Å². The molecule has 3 rings (SSSR count). The van der Waals surface area contributed by atoms with E-state index in [0.717, 1.165) is 18.0 Å². The Morgan fingerprint density at radius 1 is 1.42 bits per heavy atom. The van der Waals surface area contributed by atoms with Gasteiger partial charge in [-0.1, -0.05) is 13.8 Å². The van der Waals surface area contributed by atoms with Gasteiger partial charge in [-0.05, 0) is 32.1 Å². The number of hydrogen-bond acceptors (Lipinski definition) is 4. The maximum atomic E-state index is 4.57. The van der Waals surface area contributed by atoms with Crippen molar-refractivity contribution in [1.29, 1.82) is 0 Å². The first kappa shape index (κ1) is 12.4. The fourth-order valence-electron chi connectivity index (χ4n) is 3.41. The fraction of sp³-hybridized carbons (Fsp3) is 0.643. The molecule has 3 heterocycles. The molecular formula is C14H21N5. The summed E-state index contributed by atoms with van der Waals surface area (Å²) in [6.45, 7) is 7.98. The van der Waals surface area contributed by atoms with Crippen molar-refractivity contribution in [3.63, 3.8) is 0 Å². The van der Waals surface area contributed by atoms with Crippen LogP contribution < -0.4 is 4.90 Å². The first-order chi connectivity index (χ1) is 9.10. The van der Waals surface area contributed by atoms with Gasteiger partial charge in [-0.25, -0.2) is 4.98 Å². The lowest BCUT2D eigenvalue weighted by Gasteiger charge is -2.37. The molecule has 5 heteroatoms. The molecule has 5 nitrogen and oxygen atoms in total. The van der Waals surface area contributed by atoms with Crippen LogP contribution in [0.2, 0.25) is 0 Å². The molecule has 0 saturated carbocycles. The van der Waals surface area contributed by atoms with Crippen molar-refractivity contribution in [3.05, 3.63) is 18.7 Å². The summed E-state index contributed by atoms with van der Waals surface area (Å²) in [6.07, 6.45) is 9.09. The Bertz CT molecular complexity index is 576. The molecule has 0 aromatic carbocycles. The van der Waals surface area contributed by atoms with Gasteiger partial charge in [0, 0.05) is 24.5 Å². The molecular weight excluding hydrogens is 238 g/mol. The van der Waals surface area contributed by atoms with Crippen LogP contribution >= 0.6 is 0 Å². The molecule has 0 spiro atoms. The highest BCUT2D eigenvalue weighted by Gasteiger charge is 2.38. The Kier molecular flexibility index (Phi) is 2.92. The Morgan fingerprint density at radius 2 is 2.26 bits per heavy atom. The van der Waals surface area contributed by atoms with Gasteiger partial charge in [-0.15, -0.1) is 10.2 Å². The zero-order valence-electron chi connectivity index (χ0n) is 11.9. The predicted octanol–water partition coefficient (Wildman–Crippen LogP) is 2.53. The zero-order valence-corrected chi connectivity index (χ0v) is 11.9. The Hall–Kier alpha value is -1.65. The van der Waals surface area contributed by atoms with Crippen LogP contribution in [0.1, 0.15) is 40.0 Å². The Balaban J connectivity index is 2.03. The van der Waals surface area contributed by atoms with Gasteiger partial charge in [0.1, 0.15) is 6.33 Å². The zero-order chi connectivity index (χ0) is 13.5. The standard InChI is InChI=1S/C14H21N5/c1-11(2)9-14(3)5-4-7-19(14)12-13-17-16-10-18(13)8-6-15-12/h6,8,10-11H,4-5,7,9H2,1-3H3. The van der Waals surface area contributed by atoms with Crippen molar-refractivity contribution >= 4 is 11.5 Å². The lowest BCUT2D eigenvalue weighted by molar-refractivity contribution is 0.368. The van der Waals surface area contributed by atoms with Crippen LogP contribution in [0, 0.1) is 5.92 Å². The molecule has 102 valence electrons. The van der Waals surface area contributed by atoms with Gasteiger partial charge in [-0.3, -0.25) is 4.40 Å². The molecule has 0 amide bonds. The van der Waals surface area contributed by atoms with Gasteiger partial charge >= 0.3 is 0 Å². The summed E-state index contributed by atoms with van der Waals surface area (Å²) in [5, 5.41) is 8.21. The number of aromatic nitrogens is 4. The highest BCUT2D eigenvalue weighted by molar-refractivity contribution is 5.65. The largest absolute Gasteiger partial charge is 0.348 e. The minimum Gasteiger partial charge on any atom is -0.348 e. The van der Waals surface area contributed by atoms with Crippen molar-refractivity contribution in [3.8, 4) is 0 Å². The normalized spacial score (nSPS) is 23.7. The minimum absolute atomic E-state index is 0.189. The van der Waals surface area contributed by atoms with E-state index in [1.807, 2.05) is 16.8 Å². The smallest absolute Gasteiger partial charge is 0.203 e. The van der Waals surface area contributed by atoms with Gasteiger partial charge in [-0.2, -0.15) is 0 Å². The van der Waals surface area contributed by atoms with Crippen LogP contribution in [-0.2, 0) is 0 Å².